The number of benzene rings is 3. The van der Waals surface area contributed by atoms with Gasteiger partial charge >= 0.3 is 0 Å². The molecular formula is C28H31Cl2N3O3. The minimum Gasteiger partial charge on any atom is -0.495 e. The number of carbonyl (C=O) groups is 1. The fourth-order valence-corrected chi connectivity index (χ4v) is 5.18. The van der Waals surface area contributed by atoms with Crippen LogP contribution in [0.25, 0.3) is 0 Å². The third-order valence-electron chi connectivity index (χ3n) is 6.59. The van der Waals surface area contributed by atoms with Gasteiger partial charge in [0.2, 0.25) is 0 Å². The van der Waals surface area contributed by atoms with Gasteiger partial charge < -0.3 is 20.1 Å². The van der Waals surface area contributed by atoms with Crippen molar-refractivity contribution in [2.24, 2.45) is 0 Å². The van der Waals surface area contributed by atoms with Gasteiger partial charge in [-0.2, -0.15) is 0 Å². The zero-order chi connectivity index (χ0) is 25.5. The second kappa shape index (κ2) is 12.0. The molecule has 0 atom stereocenters. The fourth-order valence-electron chi connectivity index (χ4n) is 4.63. The van der Waals surface area contributed by atoms with Gasteiger partial charge in [0, 0.05) is 53.9 Å². The standard InChI is InChI=1S/C28H31Cl2N3O3/c1-36-26-14-7-6-13-25(26)33-19-17-32(18-20-33)16-8-15-31-27(34)28(35,21-9-2-4-11-23(21)29)22-10-3-5-12-24(22)30/h2-7,9-14,35H,8,15-20H2,1H3,(H,31,34). The summed E-state index contributed by atoms with van der Waals surface area (Å²) in [6, 6.07) is 21.6. The molecule has 0 unspecified atom stereocenters. The van der Waals surface area contributed by atoms with Crippen LogP contribution >= 0.6 is 23.2 Å². The number of para-hydroxylation sites is 2. The van der Waals surface area contributed by atoms with Crippen LogP contribution < -0.4 is 15.0 Å². The Balaban J connectivity index is 1.34. The first-order chi connectivity index (χ1) is 17.4. The molecule has 1 saturated heterocycles. The monoisotopic (exact) mass is 527 g/mol. The second-order valence-electron chi connectivity index (χ2n) is 8.78. The maximum atomic E-state index is 13.4. The van der Waals surface area contributed by atoms with Crippen molar-refractivity contribution in [1.82, 2.24) is 10.2 Å². The lowest BCUT2D eigenvalue weighted by atomic mass is 9.85. The molecule has 1 aliphatic heterocycles. The Kier molecular flexibility index (Phi) is 8.75. The highest BCUT2D eigenvalue weighted by molar-refractivity contribution is 6.33. The lowest BCUT2D eigenvalue weighted by Crippen LogP contribution is -2.48. The van der Waals surface area contributed by atoms with Crippen LogP contribution in [-0.4, -0.2) is 62.3 Å². The zero-order valence-corrected chi connectivity index (χ0v) is 21.8. The van der Waals surface area contributed by atoms with E-state index >= 15 is 0 Å². The number of piperazine rings is 1. The summed E-state index contributed by atoms with van der Waals surface area (Å²) in [6.07, 6.45) is 0.752. The number of methoxy groups -OCH3 is 1. The zero-order valence-electron chi connectivity index (χ0n) is 20.3. The van der Waals surface area contributed by atoms with E-state index in [0.29, 0.717) is 27.7 Å². The maximum Gasteiger partial charge on any atom is 0.261 e. The Morgan fingerprint density at radius 2 is 1.47 bits per heavy atom. The topological polar surface area (TPSA) is 65.0 Å². The van der Waals surface area contributed by atoms with Gasteiger partial charge in [0.05, 0.1) is 12.8 Å². The molecule has 36 heavy (non-hydrogen) atoms. The number of nitrogens with one attached hydrogen (secondary N) is 1. The first kappa shape index (κ1) is 26.3. The Labute approximate surface area is 222 Å². The largest absolute Gasteiger partial charge is 0.495 e. The van der Waals surface area contributed by atoms with E-state index in [1.807, 2.05) is 18.2 Å². The Hall–Kier alpha value is -2.77. The number of ether oxygens (including phenoxy) is 1. The number of amides is 1. The average molecular weight is 528 g/mol. The minimum atomic E-state index is -2.00. The number of anilines is 1. The van der Waals surface area contributed by atoms with Crippen LogP contribution in [0, 0.1) is 0 Å². The molecule has 2 N–H and O–H groups in total. The molecule has 0 bridgehead atoms. The number of carbonyl (C=O) groups excluding carboxylic acids is 1. The Morgan fingerprint density at radius 1 is 0.917 bits per heavy atom. The van der Waals surface area contributed by atoms with E-state index in [4.69, 9.17) is 27.9 Å². The second-order valence-corrected chi connectivity index (χ2v) is 9.59. The lowest BCUT2D eigenvalue weighted by molar-refractivity contribution is -0.136. The third kappa shape index (κ3) is 5.62. The molecule has 0 spiro atoms. The van der Waals surface area contributed by atoms with E-state index in [9.17, 15) is 9.90 Å². The predicted molar refractivity (Wildman–Crippen MR) is 145 cm³/mol. The van der Waals surface area contributed by atoms with Gasteiger partial charge in [0.15, 0.2) is 5.60 Å². The lowest BCUT2D eigenvalue weighted by Gasteiger charge is -2.36. The van der Waals surface area contributed by atoms with Gasteiger partial charge in [0.1, 0.15) is 5.75 Å². The highest BCUT2D eigenvalue weighted by Crippen LogP contribution is 2.38. The summed E-state index contributed by atoms with van der Waals surface area (Å²) in [4.78, 5) is 18.1. The first-order valence-electron chi connectivity index (χ1n) is 12.1. The molecule has 1 aliphatic rings. The van der Waals surface area contributed by atoms with Crippen molar-refractivity contribution in [3.63, 3.8) is 0 Å². The summed E-state index contributed by atoms with van der Waals surface area (Å²) in [6.45, 7) is 4.93. The minimum absolute atomic E-state index is 0.294. The van der Waals surface area contributed by atoms with E-state index in [1.165, 1.54) is 0 Å². The molecule has 0 radical (unpaired) electrons. The third-order valence-corrected chi connectivity index (χ3v) is 7.25. The number of hydrogen-bond acceptors (Lipinski definition) is 5. The summed E-state index contributed by atoms with van der Waals surface area (Å²) in [5.74, 6) is 0.336. The van der Waals surface area contributed by atoms with Gasteiger partial charge in [-0.3, -0.25) is 9.69 Å². The number of aliphatic hydroxyl groups is 1. The van der Waals surface area contributed by atoms with Crippen LogP contribution in [0.15, 0.2) is 72.8 Å². The highest BCUT2D eigenvalue weighted by Gasteiger charge is 2.42. The van der Waals surface area contributed by atoms with Crippen molar-refractivity contribution < 1.29 is 14.6 Å². The van der Waals surface area contributed by atoms with Crippen LogP contribution in [0.2, 0.25) is 10.0 Å². The molecule has 0 aliphatic carbocycles. The molecule has 4 rings (SSSR count). The first-order valence-corrected chi connectivity index (χ1v) is 12.8. The van der Waals surface area contributed by atoms with Crippen LogP contribution in [0.3, 0.4) is 0 Å². The quantitative estimate of drug-likeness (QED) is 0.399. The van der Waals surface area contributed by atoms with E-state index in [0.717, 1.165) is 50.6 Å². The van der Waals surface area contributed by atoms with Crippen LogP contribution in [0.1, 0.15) is 17.5 Å². The Bertz CT molecular complexity index is 1140. The molecular weight excluding hydrogens is 497 g/mol. The van der Waals surface area contributed by atoms with E-state index in [-0.39, 0.29) is 0 Å². The smallest absolute Gasteiger partial charge is 0.261 e. The van der Waals surface area contributed by atoms with Crippen molar-refractivity contribution >= 4 is 34.8 Å². The Morgan fingerprint density at radius 3 is 2.06 bits per heavy atom. The molecule has 0 aromatic heterocycles. The van der Waals surface area contributed by atoms with Crippen molar-refractivity contribution in [2.45, 2.75) is 12.0 Å². The number of hydrogen-bond donors (Lipinski definition) is 2. The number of nitrogens with zero attached hydrogens (tertiary/aromatic N) is 2. The molecule has 1 amide bonds. The number of halogens is 2. The van der Waals surface area contributed by atoms with Crippen LogP contribution in [-0.2, 0) is 10.4 Å². The molecule has 3 aromatic rings. The average Bonchev–Trinajstić information content (AvgIpc) is 2.91. The molecule has 190 valence electrons. The number of rotatable bonds is 9. The molecule has 1 fully saturated rings. The van der Waals surface area contributed by atoms with Crippen LogP contribution in [0.4, 0.5) is 5.69 Å². The summed E-state index contributed by atoms with van der Waals surface area (Å²) in [5, 5.41) is 15.2. The van der Waals surface area contributed by atoms with Crippen molar-refractivity contribution in [1.29, 1.82) is 0 Å². The van der Waals surface area contributed by atoms with Gasteiger partial charge in [-0.25, -0.2) is 0 Å². The SMILES string of the molecule is COc1ccccc1N1CCN(CCCNC(=O)C(O)(c2ccccc2Cl)c2ccccc2Cl)CC1. The summed E-state index contributed by atoms with van der Waals surface area (Å²) >= 11 is 12.8. The van der Waals surface area contributed by atoms with E-state index in [2.05, 4.69) is 21.2 Å². The summed E-state index contributed by atoms with van der Waals surface area (Å²) < 4.78 is 5.50. The molecule has 3 aromatic carbocycles. The maximum absolute atomic E-state index is 13.4. The van der Waals surface area contributed by atoms with Crippen LogP contribution in [0.5, 0.6) is 5.75 Å². The van der Waals surface area contributed by atoms with Gasteiger partial charge in [-0.05, 0) is 37.2 Å². The predicted octanol–water partition coefficient (Wildman–Crippen LogP) is 4.57. The molecule has 8 heteroatoms. The summed E-state index contributed by atoms with van der Waals surface area (Å²) in [5.41, 5.74) is -0.295. The van der Waals surface area contributed by atoms with E-state index in [1.54, 1.807) is 55.6 Å². The molecule has 1 heterocycles. The molecule has 0 saturated carbocycles. The van der Waals surface area contributed by atoms with Gasteiger partial charge in [-0.1, -0.05) is 71.7 Å². The highest BCUT2D eigenvalue weighted by atomic mass is 35.5. The van der Waals surface area contributed by atoms with Crippen molar-refractivity contribution in [2.75, 3.05) is 51.3 Å². The fraction of sp³-hybridized carbons (Fsp3) is 0.321. The van der Waals surface area contributed by atoms with E-state index < -0.39 is 11.5 Å². The normalized spacial score (nSPS) is 14.5. The van der Waals surface area contributed by atoms with Gasteiger partial charge in [0.25, 0.3) is 5.91 Å². The summed E-state index contributed by atoms with van der Waals surface area (Å²) in [7, 11) is 1.70. The molecule has 6 nitrogen and oxygen atoms in total. The van der Waals surface area contributed by atoms with Crippen molar-refractivity contribution in [3.8, 4) is 5.75 Å². The van der Waals surface area contributed by atoms with Crippen molar-refractivity contribution in [3.05, 3.63) is 94.0 Å². The van der Waals surface area contributed by atoms with Gasteiger partial charge in [-0.15, -0.1) is 0 Å².